The fourth-order valence-electron chi connectivity index (χ4n) is 6.92. The Morgan fingerprint density at radius 3 is 1.68 bits per heavy atom. The van der Waals surface area contributed by atoms with E-state index in [9.17, 15) is 14.7 Å². The van der Waals surface area contributed by atoms with E-state index < -0.39 is 23.6 Å². The molecule has 1 aromatic heterocycles. The molecule has 0 saturated carbocycles. The van der Waals surface area contributed by atoms with E-state index in [1.165, 1.54) is 0 Å². The Hall–Kier alpha value is -5.95. The third kappa shape index (κ3) is 5.46. The van der Waals surface area contributed by atoms with Gasteiger partial charge in [-0.15, -0.1) is 0 Å². The predicted octanol–water partition coefficient (Wildman–Crippen LogP) is 5.92. The standard InChI is InChI=1S/C40H33N3O4/c44-38(45)37(42-39(46)47-26-36-34-22-12-10-20-32(34)33-21-11-13-23-35(33)36)24-31-25-41-27-43(31)40(28-14-4-1-5-15-28,29-16-6-2-7-17-29)30-18-8-3-9-19-30/h1-23,25,27,36-37H,24,26H2,(H,42,46)(H,44,45)/p-1/t37-/m0/s1. The first-order valence-corrected chi connectivity index (χ1v) is 15.6. The van der Waals surface area contributed by atoms with Crippen molar-refractivity contribution in [3.05, 3.63) is 186 Å². The van der Waals surface area contributed by atoms with Crippen LogP contribution in [0.2, 0.25) is 0 Å². The molecule has 0 unspecified atom stereocenters. The van der Waals surface area contributed by atoms with Crippen LogP contribution in [0.25, 0.3) is 11.1 Å². The van der Waals surface area contributed by atoms with Gasteiger partial charge in [-0.1, -0.05) is 140 Å². The van der Waals surface area contributed by atoms with Crippen molar-refractivity contribution in [3.8, 4) is 11.1 Å². The van der Waals surface area contributed by atoms with Gasteiger partial charge in [0.05, 0.1) is 18.3 Å². The van der Waals surface area contributed by atoms with Crippen molar-refractivity contribution in [1.29, 1.82) is 0 Å². The number of amides is 1. The minimum atomic E-state index is -1.42. The van der Waals surface area contributed by atoms with Gasteiger partial charge in [0.15, 0.2) is 0 Å². The van der Waals surface area contributed by atoms with Gasteiger partial charge in [0.2, 0.25) is 0 Å². The highest BCUT2D eigenvalue weighted by Gasteiger charge is 2.40. The Balaban J connectivity index is 1.19. The quantitative estimate of drug-likeness (QED) is 0.192. The van der Waals surface area contributed by atoms with Crippen molar-refractivity contribution in [3.63, 3.8) is 0 Å². The van der Waals surface area contributed by atoms with Crippen molar-refractivity contribution in [2.45, 2.75) is 23.9 Å². The fourth-order valence-corrected chi connectivity index (χ4v) is 6.92. The average molecular weight is 619 g/mol. The molecule has 0 fully saturated rings. The Morgan fingerprint density at radius 2 is 1.19 bits per heavy atom. The summed E-state index contributed by atoms with van der Waals surface area (Å²) < 4.78 is 7.67. The number of benzene rings is 5. The number of aromatic nitrogens is 2. The molecular weight excluding hydrogens is 586 g/mol. The molecule has 1 amide bonds. The third-order valence-corrected chi connectivity index (χ3v) is 8.98. The number of carbonyl (C=O) groups excluding carboxylic acids is 2. The molecule has 1 N–H and O–H groups in total. The van der Waals surface area contributed by atoms with Gasteiger partial charge >= 0.3 is 6.09 Å². The lowest BCUT2D eigenvalue weighted by Gasteiger charge is -2.39. The highest BCUT2D eigenvalue weighted by atomic mass is 16.5. The molecule has 0 saturated heterocycles. The summed E-state index contributed by atoms with van der Waals surface area (Å²) in [5.41, 5.74) is 6.95. The zero-order valence-electron chi connectivity index (χ0n) is 25.5. The number of hydrogen-bond acceptors (Lipinski definition) is 5. The van der Waals surface area contributed by atoms with Crippen molar-refractivity contribution in [1.82, 2.24) is 14.9 Å². The topological polar surface area (TPSA) is 96.3 Å². The van der Waals surface area contributed by atoms with Crippen LogP contribution in [0, 0.1) is 0 Å². The molecule has 0 radical (unpaired) electrons. The maximum absolute atomic E-state index is 13.2. The third-order valence-electron chi connectivity index (χ3n) is 8.98. The molecular formula is C40H32N3O4-. The second-order valence-corrected chi connectivity index (χ2v) is 11.6. The van der Waals surface area contributed by atoms with Crippen LogP contribution >= 0.6 is 0 Å². The Morgan fingerprint density at radius 1 is 0.723 bits per heavy atom. The first kappa shape index (κ1) is 29.7. The number of carboxylic acids is 1. The van der Waals surface area contributed by atoms with Gasteiger partial charge in [0.1, 0.15) is 12.1 Å². The molecule has 0 bridgehead atoms. The smallest absolute Gasteiger partial charge is 0.407 e. The molecule has 7 heteroatoms. The van der Waals surface area contributed by atoms with Crippen LogP contribution in [0.1, 0.15) is 39.4 Å². The normalized spacial score (nSPS) is 12.9. The van der Waals surface area contributed by atoms with Gasteiger partial charge < -0.3 is 24.5 Å². The minimum absolute atomic E-state index is 0.0662. The highest BCUT2D eigenvalue weighted by molar-refractivity contribution is 5.80. The number of nitrogens with zero attached hydrogens (tertiary/aromatic N) is 2. The molecule has 5 aromatic carbocycles. The van der Waals surface area contributed by atoms with E-state index in [0.717, 1.165) is 38.9 Å². The molecule has 7 nitrogen and oxygen atoms in total. The number of hydrogen-bond donors (Lipinski definition) is 1. The first-order chi connectivity index (χ1) is 23.1. The maximum Gasteiger partial charge on any atom is 0.407 e. The lowest BCUT2D eigenvalue weighted by atomic mass is 9.76. The fraction of sp³-hybridized carbons (Fsp3) is 0.125. The first-order valence-electron chi connectivity index (χ1n) is 15.6. The predicted molar refractivity (Wildman–Crippen MR) is 178 cm³/mol. The Kier molecular flexibility index (Phi) is 8.11. The summed E-state index contributed by atoms with van der Waals surface area (Å²) >= 11 is 0. The molecule has 1 aliphatic carbocycles. The second-order valence-electron chi connectivity index (χ2n) is 11.6. The number of imidazole rings is 1. The molecule has 1 aliphatic rings. The van der Waals surface area contributed by atoms with Crippen LogP contribution in [0.15, 0.2) is 152 Å². The van der Waals surface area contributed by atoms with Gasteiger partial charge in [-0.05, 0) is 38.9 Å². The van der Waals surface area contributed by atoms with Crippen LogP contribution in [0.4, 0.5) is 4.79 Å². The van der Waals surface area contributed by atoms with E-state index in [1.807, 2.05) is 95.6 Å². The van der Waals surface area contributed by atoms with Crippen LogP contribution in [-0.4, -0.2) is 34.3 Å². The summed E-state index contributed by atoms with van der Waals surface area (Å²) in [6, 6.07) is 44.8. The van der Waals surface area contributed by atoms with E-state index in [1.54, 1.807) is 12.5 Å². The number of fused-ring (bicyclic) bond motifs is 3. The molecule has 47 heavy (non-hydrogen) atoms. The number of carbonyl (C=O) groups is 2. The van der Waals surface area contributed by atoms with Crippen LogP contribution < -0.4 is 10.4 Å². The molecule has 1 heterocycles. The van der Waals surface area contributed by atoms with E-state index in [2.05, 4.69) is 58.8 Å². The summed E-state index contributed by atoms with van der Waals surface area (Å²) in [5, 5.41) is 15.1. The lowest BCUT2D eigenvalue weighted by Crippen LogP contribution is -2.50. The SMILES string of the molecule is O=C(N[C@@H](Cc1cncn1C(c1ccccc1)(c1ccccc1)c1ccccc1)C(=O)[O-])OCC1c2ccccc2-c2ccccc21. The van der Waals surface area contributed by atoms with Crippen LogP contribution in [-0.2, 0) is 21.5 Å². The molecule has 7 rings (SSSR count). The molecule has 0 aliphatic heterocycles. The number of carboxylic acid groups (broad SMARTS) is 1. The largest absolute Gasteiger partial charge is 0.548 e. The van der Waals surface area contributed by atoms with E-state index in [4.69, 9.17) is 4.74 Å². The summed E-state index contributed by atoms with van der Waals surface area (Å²) in [6.45, 7) is 0.0662. The Labute approximate surface area is 273 Å². The van der Waals surface area contributed by atoms with Crippen molar-refractivity contribution in [2.24, 2.45) is 0 Å². The van der Waals surface area contributed by atoms with Crippen molar-refractivity contribution < 1.29 is 19.4 Å². The highest BCUT2D eigenvalue weighted by Crippen LogP contribution is 2.45. The minimum Gasteiger partial charge on any atom is -0.548 e. The lowest BCUT2D eigenvalue weighted by molar-refractivity contribution is -0.308. The molecule has 232 valence electrons. The van der Waals surface area contributed by atoms with E-state index >= 15 is 0 Å². The molecule has 6 aromatic rings. The number of rotatable bonds is 10. The van der Waals surface area contributed by atoms with Crippen molar-refractivity contribution >= 4 is 12.1 Å². The monoisotopic (exact) mass is 618 g/mol. The van der Waals surface area contributed by atoms with E-state index in [-0.39, 0.29) is 18.9 Å². The molecule has 1 atom stereocenters. The van der Waals surface area contributed by atoms with Crippen molar-refractivity contribution in [2.75, 3.05) is 6.61 Å². The average Bonchev–Trinajstić information content (AvgIpc) is 3.71. The summed E-state index contributed by atoms with van der Waals surface area (Å²) in [4.78, 5) is 30.2. The van der Waals surface area contributed by atoms with E-state index in [0.29, 0.717) is 5.69 Å². The summed E-state index contributed by atoms with van der Waals surface area (Å²) in [5.74, 6) is -1.57. The van der Waals surface area contributed by atoms with Crippen LogP contribution in [0.5, 0.6) is 0 Å². The van der Waals surface area contributed by atoms with Gasteiger partial charge in [-0.3, -0.25) is 0 Å². The zero-order chi connectivity index (χ0) is 32.2. The second kappa shape index (κ2) is 12.8. The van der Waals surface area contributed by atoms with Gasteiger partial charge in [-0.25, -0.2) is 9.78 Å². The molecule has 0 spiro atoms. The number of aliphatic carboxylic acids is 1. The van der Waals surface area contributed by atoms with Gasteiger partial charge in [0.25, 0.3) is 0 Å². The zero-order valence-corrected chi connectivity index (χ0v) is 25.5. The number of ether oxygens (including phenoxy) is 1. The summed E-state index contributed by atoms with van der Waals surface area (Å²) in [6.07, 6.45) is 2.44. The van der Waals surface area contributed by atoms with Crippen LogP contribution in [0.3, 0.4) is 0 Å². The number of nitrogens with one attached hydrogen (secondary N) is 1. The maximum atomic E-state index is 13.2. The van der Waals surface area contributed by atoms with Gasteiger partial charge in [-0.2, -0.15) is 0 Å². The number of alkyl carbamates (subject to hydrolysis) is 1. The Bertz CT molecular complexity index is 1870. The van der Waals surface area contributed by atoms with Gasteiger partial charge in [0, 0.05) is 24.2 Å². The summed E-state index contributed by atoms with van der Waals surface area (Å²) in [7, 11) is 0.